The number of pyridine rings is 1. The minimum Gasteiger partial charge on any atom is -0.315 e. The Morgan fingerprint density at radius 3 is 2.40 bits per heavy atom. The highest BCUT2D eigenvalue weighted by Gasteiger charge is 2.21. The van der Waals surface area contributed by atoms with E-state index >= 15 is 0 Å². The summed E-state index contributed by atoms with van der Waals surface area (Å²) in [7, 11) is 0.784. The molecule has 0 unspecified atom stereocenters. The Labute approximate surface area is 95.8 Å². The van der Waals surface area contributed by atoms with E-state index in [9.17, 15) is 22.0 Å². The largest absolute Gasteiger partial charge is 0.315 e. The van der Waals surface area contributed by atoms with Crippen LogP contribution >= 0.6 is 26.6 Å². The normalized spacial score (nSPS) is 12.1. The Morgan fingerprint density at radius 1 is 1.47 bits per heavy atom. The monoisotopic (exact) mass is 321 g/mol. The van der Waals surface area contributed by atoms with E-state index in [-0.39, 0.29) is 4.60 Å². The first-order valence-corrected chi connectivity index (χ1v) is 6.49. The molecule has 84 valence electrons. The number of nitrogens with one attached hydrogen (secondary N) is 1. The zero-order valence-electron chi connectivity index (χ0n) is 6.80. The van der Waals surface area contributed by atoms with Gasteiger partial charge in [0.1, 0.15) is 9.50 Å². The average molecular weight is 323 g/mol. The lowest BCUT2D eigenvalue weighted by molar-refractivity contribution is 0.149. The van der Waals surface area contributed by atoms with Crippen LogP contribution in [0.3, 0.4) is 0 Å². The molecule has 1 N–H and O–H groups in total. The number of alkyl halides is 2. The molecular weight excluding hydrogens is 319 g/mol. The molecule has 0 spiro atoms. The number of aromatic nitrogens is 1. The number of hydrogen-bond acceptors (Lipinski definition) is 3. The van der Waals surface area contributed by atoms with Crippen LogP contribution in [0, 0.1) is 0 Å². The van der Waals surface area contributed by atoms with Gasteiger partial charge in [-0.2, -0.15) is 0 Å². The van der Waals surface area contributed by atoms with E-state index in [4.69, 9.17) is 10.7 Å². The summed E-state index contributed by atoms with van der Waals surface area (Å²) in [5.41, 5.74) is -2.02. The number of halogens is 4. The predicted octanol–water partition coefficient (Wildman–Crippen LogP) is 2.00. The Hall–Kier alpha value is -0.470. The molecule has 15 heavy (non-hydrogen) atoms. The number of aromatic amines is 1. The van der Waals surface area contributed by atoms with Crippen molar-refractivity contribution >= 4 is 35.7 Å². The lowest BCUT2D eigenvalue weighted by Gasteiger charge is -2.03. The fourth-order valence-electron chi connectivity index (χ4n) is 0.843. The zero-order valence-corrected chi connectivity index (χ0v) is 9.96. The van der Waals surface area contributed by atoms with E-state index in [1.54, 1.807) is 0 Å². The summed E-state index contributed by atoms with van der Waals surface area (Å²) < 4.78 is 46.1. The van der Waals surface area contributed by atoms with Crippen molar-refractivity contribution in [3.05, 3.63) is 26.6 Å². The quantitative estimate of drug-likeness (QED) is 0.669. The molecule has 0 radical (unpaired) electrons. The average Bonchev–Trinajstić information content (AvgIpc) is 2.00. The molecule has 1 aromatic heterocycles. The van der Waals surface area contributed by atoms with Crippen LogP contribution in [0.5, 0.6) is 0 Å². The SMILES string of the molecule is O=c1[nH]c(Br)c(S(=O)(=O)Cl)cc1C(F)F. The van der Waals surface area contributed by atoms with Gasteiger partial charge in [0.2, 0.25) is 0 Å². The van der Waals surface area contributed by atoms with E-state index in [1.165, 1.54) is 0 Å². The van der Waals surface area contributed by atoms with Crippen molar-refractivity contribution in [2.24, 2.45) is 0 Å². The molecule has 1 aromatic rings. The van der Waals surface area contributed by atoms with Crippen LogP contribution in [0.2, 0.25) is 0 Å². The first kappa shape index (κ1) is 12.6. The van der Waals surface area contributed by atoms with Gasteiger partial charge < -0.3 is 4.98 Å². The fraction of sp³-hybridized carbons (Fsp3) is 0.167. The second kappa shape index (κ2) is 4.18. The molecule has 9 heteroatoms. The van der Waals surface area contributed by atoms with Crippen LogP contribution in [0.25, 0.3) is 0 Å². The molecule has 0 atom stereocenters. The zero-order chi connectivity index (χ0) is 11.8. The number of rotatable bonds is 2. The van der Waals surface area contributed by atoms with Gasteiger partial charge in [-0.05, 0) is 22.0 Å². The van der Waals surface area contributed by atoms with E-state index in [1.807, 2.05) is 4.98 Å². The van der Waals surface area contributed by atoms with Gasteiger partial charge in [-0.3, -0.25) is 4.79 Å². The Bertz CT molecular complexity index is 542. The molecule has 0 bridgehead atoms. The fourth-order valence-corrected chi connectivity index (χ4v) is 2.95. The van der Waals surface area contributed by atoms with Gasteiger partial charge in [0.05, 0.1) is 5.56 Å². The van der Waals surface area contributed by atoms with E-state index in [2.05, 4.69) is 15.9 Å². The maximum absolute atomic E-state index is 12.3. The van der Waals surface area contributed by atoms with Crippen molar-refractivity contribution in [1.29, 1.82) is 0 Å². The molecule has 0 aromatic carbocycles. The maximum Gasteiger partial charge on any atom is 0.269 e. The van der Waals surface area contributed by atoms with Crippen LogP contribution in [0.1, 0.15) is 12.0 Å². The minimum atomic E-state index is -4.18. The van der Waals surface area contributed by atoms with Gasteiger partial charge in [0, 0.05) is 10.7 Å². The van der Waals surface area contributed by atoms with Gasteiger partial charge in [0.25, 0.3) is 21.0 Å². The van der Waals surface area contributed by atoms with Crippen LogP contribution in [-0.2, 0) is 9.05 Å². The highest BCUT2D eigenvalue weighted by atomic mass is 79.9. The first-order valence-electron chi connectivity index (χ1n) is 3.39. The van der Waals surface area contributed by atoms with Crippen LogP contribution < -0.4 is 5.56 Å². The summed E-state index contributed by atoms with van der Waals surface area (Å²) in [4.78, 5) is 12.3. The summed E-state index contributed by atoms with van der Waals surface area (Å²) in [5.74, 6) is 0. The summed E-state index contributed by atoms with van der Waals surface area (Å²) in [6.45, 7) is 0. The Kier molecular flexibility index (Phi) is 3.51. The second-order valence-corrected chi connectivity index (χ2v) is 5.80. The minimum absolute atomic E-state index is 0.257. The molecule has 4 nitrogen and oxygen atoms in total. The molecule has 0 aliphatic carbocycles. The topological polar surface area (TPSA) is 67.0 Å². The summed E-state index contributed by atoms with van der Waals surface area (Å²) >= 11 is 2.70. The Morgan fingerprint density at radius 2 is 2.00 bits per heavy atom. The number of H-pyrrole nitrogens is 1. The molecule has 0 fully saturated rings. The summed E-state index contributed by atoms with van der Waals surface area (Å²) in [5, 5.41) is 0. The van der Waals surface area contributed by atoms with Crippen LogP contribution in [0.15, 0.2) is 20.4 Å². The standard InChI is InChI=1S/C6H3BrClF2NO3S/c7-4-3(15(8,13)14)1-2(5(9)10)6(12)11-4/h1,5H,(H,11,12). The van der Waals surface area contributed by atoms with Gasteiger partial charge >= 0.3 is 0 Å². The molecule has 1 rings (SSSR count). The third kappa shape index (κ3) is 2.76. The van der Waals surface area contributed by atoms with Crippen molar-refractivity contribution in [2.75, 3.05) is 0 Å². The smallest absolute Gasteiger partial charge is 0.269 e. The highest BCUT2D eigenvalue weighted by molar-refractivity contribution is 9.10. The van der Waals surface area contributed by atoms with Gasteiger partial charge in [-0.1, -0.05) is 0 Å². The van der Waals surface area contributed by atoms with Crippen molar-refractivity contribution in [2.45, 2.75) is 11.3 Å². The van der Waals surface area contributed by atoms with E-state index < -0.39 is 31.5 Å². The van der Waals surface area contributed by atoms with Gasteiger partial charge in [-0.15, -0.1) is 0 Å². The van der Waals surface area contributed by atoms with Crippen molar-refractivity contribution < 1.29 is 17.2 Å². The highest BCUT2D eigenvalue weighted by Crippen LogP contribution is 2.25. The van der Waals surface area contributed by atoms with Gasteiger partial charge in [-0.25, -0.2) is 17.2 Å². The third-order valence-corrected chi connectivity index (χ3v) is 3.72. The van der Waals surface area contributed by atoms with Gasteiger partial charge in [0.15, 0.2) is 0 Å². The molecule has 0 saturated carbocycles. The predicted molar refractivity (Wildman–Crippen MR) is 52.8 cm³/mol. The maximum atomic E-state index is 12.3. The van der Waals surface area contributed by atoms with E-state index in [0.717, 1.165) is 0 Å². The van der Waals surface area contributed by atoms with E-state index in [0.29, 0.717) is 6.07 Å². The summed E-state index contributed by atoms with van der Waals surface area (Å²) in [6.07, 6.45) is -3.07. The first-order chi connectivity index (χ1) is 6.73. The van der Waals surface area contributed by atoms with Crippen molar-refractivity contribution in [1.82, 2.24) is 4.98 Å². The molecule has 0 aliphatic rings. The molecule has 0 amide bonds. The lowest BCUT2D eigenvalue weighted by atomic mass is 10.3. The van der Waals surface area contributed by atoms with Crippen LogP contribution in [0.4, 0.5) is 8.78 Å². The lowest BCUT2D eigenvalue weighted by Crippen LogP contribution is -2.15. The summed E-state index contributed by atoms with van der Waals surface area (Å²) in [6, 6.07) is 0.538. The van der Waals surface area contributed by atoms with Crippen molar-refractivity contribution in [3.63, 3.8) is 0 Å². The third-order valence-electron chi connectivity index (χ3n) is 1.49. The molecule has 0 aliphatic heterocycles. The molecular formula is C6H3BrClF2NO3S. The Balaban J connectivity index is 3.58. The van der Waals surface area contributed by atoms with Crippen LogP contribution in [-0.4, -0.2) is 13.4 Å². The molecule has 0 saturated heterocycles. The number of hydrogen-bond donors (Lipinski definition) is 1. The second-order valence-electron chi connectivity index (χ2n) is 2.47. The molecule has 1 heterocycles. The van der Waals surface area contributed by atoms with Crippen molar-refractivity contribution in [3.8, 4) is 0 Å².